The average molecular weight is 402 g/mol. The number of amides is 1. The Kier molecular flexibility index (Phi) is 9.45. The summed E-state index contributed by atoms with van der Waals surface area (Å²) >= 11 is 0. The van der Waals surface area contributed by atoms with Crippen LogP contribution in [-0.2, 0) is 17.9 Å². The molecule has 0 bridgehead atoms. The second-order valence-corrected chi connectivity index (χ2v) is 8.74. The zero-order chi connectivity index (χ0) is 21.2. The Morgan fingerprint density at radius 2 is 2.03 bits per heavy atom. The first-order chi connectivity index (χ1) is 13.9. The van der Waals surface area contributed by atoms with Crippen LogP contribution in [-0.4, -0.2) is 42.9 Å². The maximum Gasteiger partial charge on any atom is 0.221 e. The Hall–Kier alpha value is -2.08. The first-order valence-electron chi connectivity index (χ1n) is 10.9. The highest BCUT2D eigenvalue weighted by molar-refractivity contribution is 5.79. The topological polar surface area (TPSA) is 82.8 Å². The highest BCUT2D eigenvalue weighted by atomic mass is 16.1. The Balaban J connectivity index is 1.85. The van der Waals surface area contributed by atoms with Gasteiger partial charge in [-0.25, -0.2) is 0 Å². The van der Waals surface area contributed by atoms with E-state index >= 15 is 0 Å². The Bertz CT molecular complexity index is 673. The van der Waals surface area contributed by atoms with Crippen molar-refractivity contribution < 1.29 is 4.79 Å². The van der Waals surface area contributed by atoms with Crippen molar-refractivity contribution in [2.24, 2.45) is 22.6 Å². The summed E-state index contributed by atoms with van der Waals surface area (Å²) in [4.78, 5) is 18.2. The number of hydrogen-bond donors (Lipinski definition) is 3. The minimum absolute atomic E-state index is 0.0133. The van der Waals surface area contributed by atoms with Gasteiger partial charge >= 0.3 is 0 Å². The lowest BCUT2D eigenvalue weighted by Gasteiger charge is -2.31. The van der Waals surface area contributed by atoms with Gasteiger partial charge in [0.25, 0.3) is 0 Å². The number of likely N-dealkylation sites (tertiary alicyclic amines) is 1. The predicted octanol–water partition coefficient (Wildman–Crippen LogP) is 2.87. The summed E-state index contributed by atoms with van der Waals surface area (Å²) in [6, 6.07) is 9.01. The SMILES string of the molecule is CN=C(NCc1cccc(CN2CCCC(C(N)=O)C2)c1)NC(C)CCC(C)C. The van der Waals surface area contributed by atoms with E-state index in [1.54, 1.807) is 0 Å². The molecule has 2 unspecified atom stereocenters. The molecule has 1 aliphatic rings. The van der Waals surface area contributed by atoms with E-state index in [2.05, 4.69) is 65.6 Å². The Morgan fingerprint density at radius 3 is 2.72 bits per heavy atom. The van der Waals surface area contributed by atoms with E-state index in [-0.39, 0.29) is 11.8 Å². The number of nitrogens with two attached hydrogens (primary N) is 1. The van der Waals surface area contributed by atoms with Crippen LogP contribution in [0.25, 0.3) is 0 Å². The minimum Gasteiger partial charge on any atom is -0.369 e. The van der Waals surface area contributed by atoms with Crippen molar-refractivity contribution in [3.05, 3.63) is 35.4 Å². The van der Waals surface area contributed by atoms with Crippen molar-refractivity contribution in [3.63, 3.8) is 0 Å². The molecular formula is C23H39N5O. The molecule has 0 aliphatic carbocycles. The van der Waals surface area contributed by atoms with Crippen LogP contribution in [0.5, 0.6) is 0 Å². The molecule has 0 saturated carbocycles. The molecule has 0 radical (unpaired) electrons. The number of aliphatic imine (C=N–C) groups is 1. The lowest BCUT2D eigenvalue weighted by atomic mass is 9.97. The molecule has 0 aromatic heterocycles. The summed E-state index contributed by atoms with van der Waals surface area (Å²) in [5, 5.41) is 6.90. The highest BCUT2D eigenvalue weighted by Crippen LogP contribution is 2.18. The molecule has 1 aliphatic heterocycles. The van der Waals surface area contributed by atoms with Gasteiger partial charge in [-0.15, -0.1) is 0 Å². The number of nitrogens with zero attached hydrogens (tertiary/aromatic N) is 2. The van der Waals surface area contributed by atoms with Gasteiger partial charge in [0.05, 0.1) is 5.92 Å². The van der Waals surface area contributed by atoms with Crippen molar-refractivity contribution in [3.8, 4) is 0 Å². The molecule has 0 spiro atoms. The van der Waals surface area contributed by atoms with Gasteiger partial charge in [-0.05, 0) is 56.2 Å². The van der Waals surface area contributed by atoms with E-state index in [4.69, 9.17) is 5.73 Å². The first kappa shape index (κ1) is 23.2. The normalized spacial score (nSPS) is 19.2. The van der Waals surface area contributed by atoms with Gasteiger partial charge in [-0.2, -0.15) is 0 Å². The predicted molar refractivity (Wildman–Crippen MR) is 121 cm³/mol. The molecule has 1 fully saturated rings. The summed E-state index contributed by atoms with van der Waals surface area (Å²) < 4.78 is 0. The van der Waals surface area contributed by atoms with Crippen LogP contribution >= 0.6 is 0 Å². The van der Waals surface area contributed by atoms with Crippen LogP contribution in [0, 0.1) is 11.8 Å². The number of piperidine rings is 1. The third kappa shape index (κ3) is 8.44. The molecule has 162 valence electrons. The molecule has 1 amide bonds. The van der Waals surface area contributed by atoms with Gasteiger partial charge in [0.15, 0.2) is 5.96 Å². The monoisotopic (exact) mass is 401 g/mol. The largest absolute Gasteiger partial charge is 0.369 e. The van der Waals surface area contributed by atoms with Crippen LogP contribution in [0.15, 0.2) is 29.3 Å². The fourth-order valence-corrected chi connectivity index (χ4v) is 3.80. The lowest BCUT2D eigenvalue weighted by Crippen LogP contribution is -2.42. The summed E-state index contributed by atoms with van der Waals surface area (Å²) in [5.41, 5.74) is 8.00. The molecule has 1 aromatic rings. The third-order valence-corrected chi connectivity index (χ3v) is 5.55. The number of carbonyl (C=O) groups is 1. The van der Waals surface area contributed by atoms with Crippen LogP contribution in [0.4, 0.5) is 0 Å². The van der Waals surface area contributed by atoms with Crippen molar-refractivity contribution >= 4 is 11.9 Å². The maximum absolute atomic E-state index is 11.5. The summed E-state index contributed by atoms with van der Waals surface area (Å²) in [6.45, 7) is 10.1. The van der Waals surface area contributed by atoms with Gasteiger partial charge in [-0.3, -0.25) is 14.7 Å². The van der Waals surface area contributed by atoms with Gasteiger partial charge in [0.2, 0.25) is 5.91 Å². The number of benzene rings is 1. The summed E-state index contributed by atoms with van der Waals surface area (Å²) in [6.07, 6.45) is 4.29. The first-order valence-corrected chi connectivity index (χ1v) is 10.9. The van der Waals surface area contributed by atoms with Gasteiger partial charge in [0, 0.05) is 32.7 Å². The molecule has 2 rings (SSSR count). The standard InChI is InChI=1S/C23H39N5O/c1-17(2)10-11-18(3)27-23(25-4)26-14-19-7-5-8-20(13-19)15-28-12-6-9-21(16-28)22(24)29/h5,7-8,13,17-18,21H,6,9-12,14-16H2,1-4H3,(H2,24,29)(H2,25,26,27). The second kappa shape index (κ2) is 11.8. The van der Waals surface area contributed by atoms with E-state index in [0.717, 1.165) is 57.3 Å². The number of primary amides is 1. The number of rotatable bonds is 9. The van der Waals surface area contributed by atoms with Gasteiger partial charge in [0.1, 0.15) is 0 Å². The van der Waals surface area contributed by atoms with Gasteiger partial charge < -0.3 is 16.4 Å². The van der Waals surface area contributed by atoms with Crippen molar-refractivity contribution in [2.75, 3.05) is 20.1 Å². The number of guanidine groups is 1. The van der Waals surface area contributed by atoms with Crippen molar-refractivity contribution in [1.29, 1.82) is 0 Å². The van der Waals surface area contributed by atoms with E-state index in [0.29, 0.717) is 6.04 Å². The number of carbonyl (C=O) groups excluding carboxylic acids is 1. The fraction of sp³-hybridized carbons (Fsp3) is 0.652. The molecular weight excluding hydrogens is 362 g/mol. The molecule has 2 atom stereocenters. The smallest absolute Gasteiger partial charge is 0.221 e. The number of nitrogens with one attached hydrogen (secondary N) is 2. The summed E-state index contributed by atoms with van der Waals surface area (Å²) in [7, 11) is 1.81. The molecule has 6 heteroatoms. The molecule has 1 saturated heterocycles. The van der Waals surface area contributed by atoms with Crippen LogP contribution in [0.2, 0.25) is 0 Å². The fourth-order valence-electron chi connectivity index (χ4n) is 3.80. The Morgan fingerprint density at radius 1 is 1.28 bits per heavy atom. The van der Waals surface area contributed by atoms with E-state index in [1.807, 2.05) is 7.05 Å². The molecule has 6 nitrogen and oxygen atoms in total. The van der Waals surface area contributed by atoms with E-state index in [9.17, 15) is 4.79 Å². The lowest BCUT2D eigenvalue weighted by molar-refractivity contribution is -0.123. The zero-order valence-electron chi connectivity index (χ0n) is 18.6. The molecule has 1 heterocycles. The van der Waals surface area contributed by atoms with Gasteiger partial charge in [-0.1, -0.05) is 38.1 Å². The summed E-state index contributed by atoms with van der Waals surface area (Å²) in [5.74, 6) is 1.37. The zero-order valence-corrected chi connectivity index (χ0v) is 18.6. The second-order valence-electron chi connectivity index (χ2n) is 8.74. The maximum atomic E-state index is 11.5. The van der Waals surface area contributed by atoms with Crippen molar-refractivity contribution in [1.82, 2.24) is 15.5 Å². The third-order valence-electron chi connectivity index (χ3n) is 5.55. The highest BCUT2D eigenvalue weighted by Gasteiger charge is 2.23. The Labute approximate surface area is 176 Å². The van der Waals surface area contributed by atoms with Crippen LogP contribution in [0.1, 0.15) is 57.6 Å². The average Bonchev–Trinajstić information content (AvgIpc) is 2.70. The number of hydrogen-bond acceptors (Lipinski definition) is 3. The van der Waals surface area contributed by atoms with Crippen molar-refractivity contribution in [2.45, 2.75) is 65.6 Å². The van der Waals surface area contributed by atoms with Crippen LogP contribution < -0.4 is 16.4 Å². The minimum atomic E-state index is -0.172. The molecule has 4 N–H and O–H groups in total. The molecule has 29 heavy (non-hydrogen) atoms. The van der Waals surface area contributed by atoms with E-state index in [1.165, 1.54) is 17.5 Å². The molecule has 1 aromatic carbocycles. The quantitative estimate of drug-likeness (QED) is 0.439. The van der Waals surface area contributed by atoms with E-state index < -0.39 is 0 Å². The van der Waals surface area contributed by atoms with Crippen LogP contribution in [0.3, 0.4) is 0 Å².